The maximum absolute atomic E-state index is 12.8. The molecule has 4 heteroatoms. The van der Waals surface area contributed by atoms with Crippen molar-refractivity contribution in [2.45, 2.75) is 50.8 Å². The van der Waals surface area contributed by atoms with Crippen molar-refractivity contribution < 1.29 is 9.59 Å². The van der Waals surface area contributed by atoms with Gasteiger partial charge in [-0.25, -0.2) is 0 Å². The van der Waals surface area contributed by atoms with Crippen LogP contribution in [0.2, 0.25) is 0 Å². The Hall–Kier alpha value is -0.830. The van der Waals surface area contributed by atoms with Crippen molar-refractivity contribution in [1.82, 2.24) is 4.90 Å². The summed E-state index contributed by atoms with van der Waals surface area (Å²) in [4.78, 5) is 26.0. The molecule has 3 rings (SSSR count). The molecule has 3 nitrogen and oxygen atoms in total. The molecule has 1 saturated heterocycles. The van der Waals surface area contributed by atoms with Gasteiger partial charge in [0.25, 0.3) is 5.91 Å². The minimum absolute atomic E-state index is 0.0261. The van der Waals surface area contributed by atoms with E-state index in [0.717, 1.165) is 32.1 Å². The predicted octanol–water partition coefficient (Wildman–Crippen LogP) is 3.37. The average Bonchev–Trinajstić information content (AvgIpc) is 3.10. The summed E-state index contributed by atoms with van der Waals surface area (Å²) >= 11 is 6.67. The van der Waals surface area contributed by atoms with Gasteiger partial charge >= 0.3 is 0 Å². The number of allylic oxidation sites excluding steroid dienone is 2. The zero-order valence-corrected chi connectivity index (χ0v) is 13.6. The van der Waals surface area contributed by atoms with Gasteiger partial charge in [-0.3, -0.25) is 14.5 Å². The Bertz CT molecular complexity index is 489. The van der Waals surface area contributed by atoms with Crippen molar-refractivity contribution in [2.75, 3.05) is 6.54 Å². The Morgan fingerprint density at radius 3 is 2.76 bits per heavy atom. The van der Waals surface area contributed by atoms with Gasteiger partial charge in [-0.15, -0.1) is 11.6 Å². The summed E-state index contributed by atoms with van der Waals surface area (Å²) < 4.78 is 0. The SMILES string of the molecule is CCCC[C@@H](CC)CN1C(=O)[C@H]2[C@H]3C=C[C@@H](C3)[C@]2(Cl)C1=O. The third-order valence-corrected chi connectivity index (χ3v) is 6.30. The maximum atomic E-state index is 12.8. The molecule has 0 aromatic rings. The van der Waals surface area contributed by atoms with E-state index < -0.39 is 4.87 Å². The molecule has 1 heterocycles. The highest BCUT2D eigenvalue weighted by Gasteiger charge is 2.69. The smallest absolute Gasteiger partial charge is 0.251 e. The highest BCUT2D eigenvalue weighted by Crippen LogP contribution is 2.58. The molecule has 0 N–H and O–H groups in total. The molecule has 3 aliphatic rings. The summed E-state index contributed by atoms with van der Waals surface area (Å²) in [5.41, 5.74) is 0. The number of hydrogen-bond donors (Lipinski definition) is 0. The minimum Gasteiger partial charge on any atom is -0.280 e. The molecular formula is C17H24ClNO2. The number of amides is 2. The lowest BCUT2D eigenvalue weighted by molar-refractivity contribution is -0.141. The summed E-state index contributed by atoms with van der Waals surface area (Å²) in [6.07, 6.45) is 9.37. The lowest BCUT2D eigenvalue weighted by Gasteiger charge is -2.26. The van der Waals surface area contributed by atoms with Gasteiger partial charge in [0.15, 0.2) is 0 Å². The van der Waals surface area contributed by atoms with Gasteiger partial charge in [0.05, 0.1) is 5.92 Å². The van der Waals surface area contributed by atoms with Crippen LogP contribution in [0.4, 0.5) is 0 Å². The molecule has 1 aliphatic heterocycles. The Labute approximate surface area is 131 Å². The van der Waals surface area contributed by atoms with Crippen LogP contribution in [0.15, 0.2) is 12.2 Å². The molecule has 0 spiro atoms. The molecule has 5 atom stereocenters. The summed E-state index contributed by atoms with van der Waals surface area (Å²) in [7, 11) is 0. The normalized spacial score (nSPS) is 38.4. The van der Waals surface area contributed by atoms with Crippen LogP contribution in [0.25, 0.3) is 0 Å². The second kappa shape index (κ2) is 5.42. The number of carbonyl (C=O) groups is 2. The van der Waals surface area contributed by atoms with E-state index in [0.29, 0.717) is 12.5 Å². The number of rotatable bonds is 6. The Balaban J connectivity index is 1.77. The first-order valence-corrected chi connectivity index (χ1v) is 8.64. The van der Waals surface area contributed by atoms with Crippen LogP contribution in [0.3, 0.4) is 0 Å². The molecule has 0 aromatic carbocycles. The first kappa shape index (κ1) is 15.1. The number of unbranched alkanes of at least 4 members (excludes halogenated alkanes) is 1. The van der Waals surface area contributed by atoms with Crippen molar-refractivity contribution in [3.63, 3.8) is 0 Å². The van der Waals surface area contributed by atoms with Gasteiger partial charge < -0.3 is 0 Å². The fraction of sp³-hybridized carbons (Fsp3) is 0.765. The van der Waals surface area contributed by atoms with Crippen molar-refractivity contribution >= 4 is 23.4 Å². The highest BCUT2D eigenvalue weighted by atomic mass is 35.5. The number of likely N-dealkylation sites (tertiary alicyclic amines) is 1. The van der Waals surface area contributed by atoms with Gasteiger partial charge in [-0.2, -0.15) is 0 Å². The molecular weight excluding hydrogens is 286 g/mol. The number of nitrogens with zero attached hydrogens (tertiary/aromatic N) is 1. The van der Waals surface area contributed by atoms with Gasteiger partial charge in [0.1, 0.15) is 4.87 Å². The lowest BCUT2D eigenvalue weighted by Crippen LogP contribution is -2.42. The average molecular weight is 310 g/mol. The van der Waals surface area contributed by atoms with Crippen LogP contribution < -0.4 is 0 Å². The van der Waals surface area contributed by atoms with Crippen LogP contribution in [0.5, 0.6) is 0 Å². The zero-order valence-electron chi connectivity index (χ0n) is 12.8. The summed E-state index contributed by atoms with van der Waals surface area (Å²) in [5, 5.41) is 0. The van der Waals surface area contributed by atoms with Crippen LogP contribution >= 0.6 is 11.6 Å². The van der Waals surface area contributed by atoms with Crippen molar-refractivity contribution in [3.05, 3.63) is 12.2 Å². The molecule has 2 fully saturated rings. The minimum atomic E-state index is -0.973. The molecule has 116 valence electrons. The second-order valence-electron chi connectivity index (χ2n) is 6.81. The molecule has 0 unspecified atom stereocenters. The molecule has 2 aliphatic carbocycles. The molecule has 0 aromatic heterocycles. The fourth-order valence-electron chi connectivity index (χ4n) is 4.31. The zero-order chi connectivity index (χ0) is 15.2. The Kier molecular flexibility index (Phi) is 3.89. The van der Waals surface area contributed by atoms with E-state index in [2.05, 4.69) is 19.9 Å². The number of carbonyl (C=O) groups excluding carboxylic acids is 2. The number of fused-ring (bicyclic) bond motifs is 5. The largest absolute Gasteiger partial charge is 0.280 e. The van der Waals surface area contributed by atoms with Crippen LogP contribution in [-0.2, 0) is 9.59 Å². The summed E-state index contributed by atoms with van der Waals surface area (Å²) in [6, 6.07) is 0. The third kappa shape index (κ3) is 2.08. The van der Waals surface area contributed by atoms with Gasteiger partial charge in [-0.05, 0) is 24.7 Å². The van der Waals surface area contributed by atoms with Crippen molar-refractivity contribution in [2.24, 2.45) is 23.7 Å². The molecule has 2 amide bonds. The van der Waals surface area contributed by atoms with Crippen LogP contribution in [-0.4, -0.2) is 28.1 Å². The van der Waals surface area contributed by atoms with E-state index in [-0.39, 0.29) is 29.6 Å². The molecule has 2 bridgehead atoms. The van der Waals surface area contributed by atoms with Crippen molar-refractivity contribution in [3.8, 4) is 0 Å². The van der Waals surface area contributed by atoms with E-state index in [4.69, 9.17) is 11.6 Å². The quantitative estimate of drug-likeness (QED) is 0.428. The first-order chi connectivity index (χ1) is 10.0. The van der Waals surface area contributed by atoms with E-state index >= 15 is 0 Å². The van der Waals surface area contributed by atoms with Gasteiger partial charge in [0.2, 0.25) is 5.91 Å². The number of alkyl halides is 1. The monoisotopic (exact) mass is 309 g/mol. The Morgan fingerprint density at radius 1 is 1.38 bits per heavy atom. The van der Waals surface area contributed by atoms with E-state index in [1.165, 1.54) is 4.90 Å². The number of imide groups is 1. The standard InChI is InChI=1S/C17H24ClNO2/c1-3-5-6-11(4-2)10-19-15(20)14-12-7-8-13(9-12)17(14,18)16(19)21/h7-8,11-14H,3-6,9-10H2,1-2H3/t11-,12+,13+,14-,17-/m1/s1. The van der Waals surface area contributed by atoms with Crippen LogP contribution in [0, 0.1) is 23.7 Å². The number of halogens is 1. The van der Waals surface area contributed by atoms with Gasteiger partial charge in [0, 0.05) is 12.5 Å². The lowest BCUT2D eigenvalue weighted by atomic mass is 9.84. The highest BCUT2D eigenvalue weighted by molar-refractivity contribution is 6.41. The third-order valence-electron chi connectivity index (χ3n) is 5.63. The van der Waals surface area contributed by atoms with Crippen LogP contribution in [0.1, 0.15) is 46.0 Å². The van der Waals surface area contributed by atoms with Crippen molar-refractivity contribution in [1.29, 1.82) is 0 Å². The van der Waals surface area contributed by atoms with E-state index in [1.807, 2.05) is 6.08 Å². The topological polar surface area (TPSA) is 37.4 Å². The Morgan fingerprint density at radius 2 is 2.14 bits per heavy atom. The molecule has 21 heavy (non-hydrogen) atoms. The maximum Gasteiger partial charge on any atom is 0.251 e. The predicted molar refractivity (Wildman–Crippen MR) is 82.8 cm³/mol. The van der Waals surface area contributed by atoms with E-state index in [1.54, 1.807) is 0 Å². The summed E-state index contributed by atoms with van der Waals surface area (Å²) in [6.45, 7) is 4.85. The summed E-state index contributed by atoms with van der Waals surface area (Å²) in [5.74, 6) is 0.150. The fourth-order valence-corrected chi connectivity index (χ4v) is 4.82. The molecule has 1 saturated carbocycles. The molecule has 0 radical (unpaired) electrons. The van der Waals surface area contributed by atoms with Gasteiger partial charge in [-0.1, -0.05) is 45.3 Å². The first-order valence-electron chi connectivity index (χ1n) is 8.27. The number of hydrogen-bond acceptors (Lipinski definition) is 2. The van der Waals surface area contributed by atoms with E-state index in [9.17, 15) is 9.59 Å². The second-order valence-corrected chi connectivity index (χ2v) is 7.43.